The highest BCUT2D eigenvalue weighted by molar-refractivity contribution is 5.85. The number of benzene rings is 2. The Balaban J connectivity index is 0.00000261. The highest BCUT2D eigenvalue weighted by atomic mass is 35.5. The van der Waals surface area contributed by atoms with E-state index in [1.165, 1.54) is 6.07 Å². The van der Waals surface area contributed by atoms with Gasteiger partial charge in [-0.15, -0.1) is 12.4 Å². The second-order valence-corrected chi connectivity index (χ2v) is 6.61. The number of hydrogen-bond acceptors (Lipinski definition) is 4. The van der Waals surface area contributed by atoms with Crippen molar-refractivity contribution in [2.75, 3.05) is 34.4 Å². The summed E-state index contributed by atoms with van der Waals surface area (Å²) in [6, 6.07) is 10.9. The Morgan fingerprint density at radius 2 is 2.04 bits per heavy atom. The highest BCUT2D eigenvalue weighted by Crippen LogP contribution is 2.48. The molecule has 6 heteroatoms. The quantitative estimate of drug-likeness (QED) is 0.762. The fraction of sp³-hybridized carbons (Fsp3) is 0.429. The molecule has 0 aromatic heterocycles. The average molecular weight is 396 g/mol. The Morgan fingerprint density at radius 1 is 1.22 bits per heavy atom. The van der Waals surface area contributed by atoms with E-state index in [9.17, 15) is 4.39 Å². The third-order valence-electron chi connectivity index (χ3n) is 5.03. The first-order valence-electron chi connectivity index (χ1n) is 8.94. The van der Waals surface area contributed by atoms with Gasteiger partial charge in [0.15, 0.2) is 11.5 Å². The maximum absolute atomic E-state index is 13.6. The standard InChI is InChI=1S/C21H26FNO3.ClH/c1-23-13-15(11-14-5-4-6-16(22)12-14)17-9-10-26-20-18(17)7-8-19(24-2)21(20)25-3;/h4-8,12,15,17,23H,9-11,13H2,1-3H3;1H. The van der Waals surface area contributed by atoms with E-state index in [1.807, 2.05) is 19.2 Å². The molecule has 2 aromatic carbocycles. The zero-order valence-electron chi connectivity index (χ0n) is 16.0. The third kappa shape index (κ3) is 4.66. The van der Waals surface area contributed by atoms with Crippen molar-refractivity contribution < 1.29 is 18.6 Å². The molecule has 0 saturated heterocycles. The Kier molecular flexibility index (Phi) is 7.75. The molecule has 4 nitrogen and oxygen atoms in total. The largest absolute Gasteiger partial charge is 0.493 e. The van der Waals surface area contributed by atoms with Crippen molar-refractivity contribution in [1.82, 2.24) is 5.32 Å². The van der Waals surface area contributed by atoms with Crippen LogP contribution in [0.2, 0.25) is 0 Å². The van der Waals surface area contributed by atoms with Crippen LogP contribution in [-0.4, -0.2) is 34.4 Å². The zero-order valence-corrected chi connectivity index (χ0v) is 16.8. The number of nitrogens with one attached hydrogen (secondary N) is 1. The highest BCUT2D eigenvalue weighted by Gasteiger charge is 2.32. The summed E-state index contributed by atoms with van der Waals surface area (Å²) in [5, 5.41) is 3.29. The average Bonchev–Trinajstić information content (AvgIpc) is 2.66. The summed E-state index contributed by atoms with van der Waals surface area (Å²) in [4.78, 5) is 0. The fourth-order valence-corrected chi connectivity index (χ4v) is 3.87. The van der Waals surface area contributed by atoms with Gasteiger partial charge < -0.3 is 19.5 Å². The molecule has 1 heterocycles. The molecule has 1 aliphatic heterocycles. The van der Waals surface area contributed by atoms with Crippen molar-refractivity contribution in [1.29, 1.82) is 0 Å². The van der Waals surface area contributed by atoms with Gasteiger partial charge in [-0.1, -0.05) is 18.2 Å². The Morgan fingerprint density at radius 3 is 2.70 bits per heavy atom. The molecule has 1 aliphatic rings. The van der Waals surface area contributed by atoms with Gasteiger partial charge in [-0.2, -0.15) is 0 Å². The van der Waals surface area contributed by atoms with Gasteiger partial charge in [-0.25, -0.2) is 4.39 Å². The molecule has 0 fully saturated rings. The third-order valence-corrected chi connectivity index (χ3v) is 5.03. The van der Waals surface area contributed by atoms with E-state index in [-0.39, 0.29) is 18.2 Å². The van der Waals surface area contributed by atoms with Gasteiger partial charge in [-0.3, -0.25) is 0 Å². The van der Waals surface area contributed by atoms with Crippen LogP contribution in [0.15, 0.2) is 36.4 Å². The Labute approximate surface area is 166 Å². The van der Waals surface area contributed by atoms with Crippen LogP contribution in [0.25, 0.3) is 0 Å². The van der Waals surface area contributed by atoms with E-state index >= 15 is 0 Å². The van der Waals surface area contributed by atoms with Crippen LogP contribution in [0.5, 0.6) is 17.2 Å². The fourth-order valence-electron chi connectivity index (χ4n) is 3.87. The lowest BCUT2D eigenvalue weighted by Crippen LogP contribution is -2.30. The van der Waals surface area contributed by atoms with Crippen LogP contribution in [0, 0.1) is 11.7 Å². The minimum atomic E-state index is -0.190. The van der Waals surface area contributed by atoms with E-state index in [0.29, 0.717) is 29.9 Å². The van der Waals surface area contributed by atoms with Gasteiger partial charge in [0.1, 0.15) is 5.82 Å². The van der Waals surface area contributed by atoms with Gasteiger partial charge in [0.2, 0.25) is 5.75 Å². The minimum absolute atomic E-state index is 0. The molecular weight excluding hydrogens is 369 g/mol. The van der Waals surface area contributed by atoms with Crippen molar-refractivity contribution in [2.24, 2.45) is 5.92 Å². The topological polar surface area (TPSA) is 39.7 Å². The normalized spacial score (nSPS) is 16.5. The predicted molar refractivity (Wildman–Crippen MR) is 107 cm³/mol. The molecule has 0 bridgehead atoms. The lowest BCUT2D eigenvalue weighted by atomic mass is 9.78. The van der Waals surface area contributed by atoms with E-state index in [0.717, 1.165) is 36.3 Å². The molecular formula is C21H27ClFNO3. The summed E-state index contributed by atoms with van der Waals surface area (Å²) in [6.45, 7) is 1.47. The lowest BCUT2D eigenvalue weighted by Gasteiger charge is -2.33. The Bertz CT molecular complexity index is 756. The number of methoxy groups -OCH3 is 2. The van der Waals surface area contributed by atoms with Crippen molar-refractivity contribution in [3.63, 3.8) is 0 Å². The lowest BCUT2D eigenvalue weighted by molar-refractivity contribution is 0.221. The van der Waals surface area contributed by atoms with Crippen LogP contribution in [0.1, 0.15) is 23.5 Å². The first-order valence-corrected chi connectivity index (χ1v) is 8.94. The number of ether oxygens (including phenoxy) is 3. The first-order chi connectivity index (χ1) is 12.7. The maximum atomic E-state index is 13.6. The SMILES string of the molecule is CNCC(Cc1cccc(F)c1)C1CCOc2c1ccc(OC)c2OC.Cl. The van der Waals surface area contributed by atoms with Crippen LogP contribution >= 0.6 is 12.4 Å². The number of fused-ring (bicyclic) bond motifs is 1. The molecule has 27 heavy (non-hydrogen) atoms. The minimum Gasteiger partial charge on any atom is -0.493 e. The summed E-state index contributed by atoms with van der Waals surface area (Å²) in [5.41, 5.74) is 2.14. The summed E-state index contributed by atoms with van der Waals surface area (Å²) >= 11 is 0. The molecule has 0 spiro atoms. The second kappa shape index (κ2) is 9.81. The van der Waals surface area contributed by atoms with Gasteiger partial charge in [0, 0.05) is 5.56 Å². The van der Waals surface area contributed by atoms with Crippen LogP contribution in [0.3, 0.4) is 0 Å². The van der Waals surface area contributed by atoms with Gasteiger partial charge >= 0.3 is 0 Å². The van der Waals surface area contributed by atoms with Crippen molar-refractivity contribution in [3.8, 4) is 17.2 Å². The van der Waals surface area contributed by atoms with Crippen LogP contribution < -0.4 is 19.5 Å². The molecule has 0 radical (unpaired) electrons. The van der Waals surface area contributed by atoms with E-state index < -0.39 is 0 Å². The van der Waals surface area contributed by atoms with Crippen molar-refractivity contribution >= 4 is 12.4 Å². The molecule has 1 N–H and O–H groups in total. The summed E-state index contributed by atoms with van der Waals surface area (Å²) < 4.78 is 30.5. The van der Waals surface area contributed by atoms with Crippen LogP contribution in [0.4, 0.5) is 4.39 Å². The summed E-state index contributed by atoms with van der Waals surface area (Å²) in [7, 11) is 5.20. The van der Waals surface area contributed by atoms with E-state index in [2.05, 4.69) is 11.4 Å². The number of rotatable bonds is 7. The maximum Gasteiger partial charge on any atom is 0.203 e. The van der Waals surface area contributed by atoms with Gasteiger partial charge in [-0.05, 0) is 62.0 Å². The zero-order chi connectivity index (χ0) is 18.5. The molecule has 2 aromatic rings. The first kappa shape index (κ1) is 21.3. The monoisotopic (exact) mass is 395 g/mol. The molecule has 3 rings (SSSR count). The summed E-state index contributed by atoms with van der Waals surface area (Å²) in [6.07, 6.45) is 1.72. The second-order valence-electron chi connectivity index (χ2n) is 6.61. The smallest absolute Gasteiger partial charge is 0.203 e. The number of hydrogen-bond donors (Lipinski definition) is 1. The Hall–Kier alpha value is -1.98. The molecule has 2 atom stereocenters. The van der Waals surface area contributed by atoms with E-state index in [4.69, 9.17) is 14.2 Å². The van der Waals surface area contributed by atoms with Crippen molar-refractivity contribution in [2.45, 2.75) is 18.8 Å². The van der Waals surface area contributed by atoms with Gasteiger partial charge in [0.05, 0.1) is 20.8 Å². The summed E-state index contributed by atoms with van der Waals surface area (Å²) in [5.74, 6) is 2.51. The molecule has 148 valence electrons. The number of halogens is 2. The van der Waals surface area contributed by atoms with Crippen LogP contribution in [-0.2, 0) is 6.42 Å². The molecule has 0 saturated carbocycles. The molecule has 0 amide bonds. The molecule has 0 aliphatic carbocycles. The van der Waals surface area contributed by atoms with Gasteiger partial charge in [0.25, 0.3) is 0 Å². The van der Waals surface area contributed by atoms with Crippen molar-refractivity contribution in [3.05, 3.63) is 53.3 Å². The predicted octanol–water partition coefficient (Wildman–Crippen LogP) is 4.21. The molecule has 2 unspecified atom stereocenters. The van der Waals surface area contributed by atoms with E-state index in [1.54, 1.807) is 26.4 Å².